The highest BCUT2D eigenvalue weighted by Crippen LogP contribution is 2.35. The Kier molecular flexibility index (Phi) is 14.0. The van der Waals surface area contributed by atoms with Gasteiger partial charge in [-0.05, 0) is 72.1 Å². The molecule has 0 spiro atoms. The van der Waals surface area contributed by atoms with E-state index >= 15 is 0 Å². The lowest BCUT2D eigenvalue weighted by Gasteiger charge is -2.16. The summed E-state index contributed by atoms with van der Waals surface area (Å²) >= 11 is 0. The molecule has 37 heavy (non-hydrogen) atoms. The lowest BCUT2D eigenvalue weighted by molar-refractivity contribution is 0.224. The van der Waals surface area contributed by atoms with Crippen LogP contribution in [0.4, 0.5) is 0 Å². The average Bonchev–Trinajstić information content (AvgIpc) is 2.84. The van der Waals surface area contributed by atoms with Gasteiger partial charge in [-0.1, -0.05) is 69.1 Å². The third-order valence-electron chi connectivity index (χ3n) is 6.16. The quantitative estimate of drug-likeness (QED) is 0.113. The van der Waals surface area contributed by atoms with Gasteiger partial charge in [0.05, 0.1) is 18.1 Å². The molecule has 0 saturated heterocycles. The minimum Gasteiger partial charge on any atom is -0.493 e. The molecular formula is C32H48O5. The summed E-state index contributed by atoms with van der Waals surface area (Å²) < 4.78 is 23.5. The van der Waals surface area contributed by atoms with Gasteiger partial charge in [0.25, 0.3) is 0 Å². The second-order valence-electron chi connectivity index (χ2n) is 10.4. The largest absolute Gasteiger partial charge is 0.493 e. The molecule has 0 aliphatic carbocycles. The van der Waals surface area contributed by atoms with Crippen LogP contribution in [-0.2, 0) is 0 Å². The molecule has 0 unspecified atom stereocenters. The second kappa shape index (κ2) is 16.9. The zero-order valence-corrected chi connectivity index (χ0v) is 24.0. The van der Waals surface area contributed by atoms with Crippen molar-refractivity contribution in [3.63, 3.8) is 0 Å². The number of fused-ring (bicyclic) bond motifs is 1. The molecule has 0 aliphatic rings. The number of rotatable bonds is 18. The molecule has 2 rings (SSSR count). The maximum atomic E-state index is 12.9. The first-order valence-electron chi connectivity index (χ1n) is 14.1. The fraction of sp³-hybridized carbons (Fsp3) is 0.594. The summed E-state index contributed by atoms with van der Waals surface area (Å²) in [5, 5.41) is 0.701. The van der Waals surface area contributed by atoms with Crippen molar-refractivity contribution in [2.45, 2.75) is 112 Å². The number of unbranched alkanes of at least 4 members (excludes halogenated alkanes) is 7. The predicted octanol–water partition coefficient (Wildman–Crippen LogP) is 9.17. The van der Waals surface area contributed by atoms with Gasteiger partial charge in [0, 0.05) is 6.07 Å². The summed E-state index contributed by atoms with van der Waals surface area (Å²) in [6, 6.07) is 5.55. The fourth-order valence-electron chi connectivity index (χ4n) is 4.09. The molecule has 0 aliphatic heterocycles. The predicted molar refractivity (Wildman–Crippen MR) is 154 cm³/mol. The Morgan fingerprint density at radius 2 is 1.62 bits per heavy atom. The standard InChI is InChI=1S/C32H48O5/c1-7-8-9-10-11-12-13-14-21-34-27-18-19-28-29(23-27)37-32(33)31(30(28)36-25(4)5)35-22-20-26(6)17-15-16-24(2)3/h16,18-20,23,25H,7-15,17,21-22H2,1-6H3/b26-20+. The molecule has 0 N–H and O–H groups in total. The Hall–Kier alpha value is -2.69. The molecule has 206 valence electrons. The second-order valence-corrected chi connectivity index (χ2v) is 10.4. The van der Waals surface area contributed by atoms with Crippen LogP contribution >= 0.6 is 0 Å². The minimum absolute atomic E-state index is 0.113. The highest BCUT2D eigenvalue weighted by Gasteiger charge is 2.19. The molecule has 0 bridgehead atoms. The van der Waals surface area contributed by atoms with E-state index in [1.165, 1.54) is 56.1 Å². The van der Waals surface area contributed by atoms with Crippen LogP contribution in [0.25, 0.3) is 11.0 Å². The molecular weight excluding hydrogens is 464 g/mol. The average molecular weight is 513 g/mol. The van der Waals surface area contributed by atoms with Crippen molar-refractivity contribution in [2.24, 2.45) is 0 Å². The van der Waals surface area contributed by atoms with Crippen LogP contribution in [0.3, 0.4) is 0 Å². The molecule has 1 aromatic carbocycles. The Balaban J connectivity index is 2.03. The Bertz CT molecular complexity index is 1060. The van der Waals surface area contributed by atoms with Crippen molar-refractivity contribution < 1.29 is 18.6 Å². The molecule has 0 fully saturated rings. The zero-order chi connectivity index (χ0) is 27.0. The molecule has 0 radical (unpaired) electrons. The van der Waals surface area contributed by atoms with E-state index in [1.54, 1.807) is 6.07 Å². The van der Waals surface area contributed by atoms with E-state index in [0.717, 1.165) is 19.3 Å². The summed E-state index contributed by atoms with van der Waals surface area (Å²) in [6.07, 6.45) is 16.1. The zero-order valence-electron chi connectivity index (χ0n) is 24.0. The van der Waals surface area contributed by atoms with E-state index in [0.29, 0.717) is 29.1 Å². The number of hydrogen-bond acceptors (Lipinski definition) is 5. The van der Waals surface area contributed by atoms with Crippen molar-refractivity contribution in [3.8, 4) is 17.2 Å². The van der Waals surface area contributed by atoms with E-state index in [9.17, 15) is 4.79 Å². The highest BCUT2D eigenvalue weighted by molar-refractivity contribution is 5.86. The third-order valence-corrected chi connectivity index (χ3v) is 6.16. The Morgan fingerprint density at radius 1 is 0.919 bits per heavy atom. The molecule has 5 nitrogen and oxygen atoms in total. The molecule has 0 atom stereocenters. The first kappa shape index (κ1) is 30.5. The smallest absolute Gasteiger partial charge is 0.383 e. The molecule has 2 aromatic rings. The number of benzene rings is 1. The summed E-state index contributed by atoms with van der Waals surface area (Å²) in [7, 11) is 0. The number of hydrogen-bond donors (Lipinski definition) is 0. The van der Waals surface area contributed by atoms with Crippen molar-refractivity contribution in [1.29, 1.82) is 0 Å². The van der Waals surface area contributed by atoms with Gasteiger partial charge in [0.2, 0.25) is 5.75 Å². The van der Waals surface area contributed by atoms with Crippen LogP contribution < -0.4 is 19.8 Å². The van der Waals surface area contributed by atoms with Gasteiger partial charge < -0.3 is 18.6 Å². The minimum atomic E-state index is -0.543. The number of allylic oxidation sites excluding steroid dienone is 3. The fourth-order valence-corrected chi connectivity index (χ4v) is 4.09. The van der Waals surface area contributed by atoms with E-state index in [2.05, 4.69) is 33.8 Å². The van der Waals surface area contributed by atoms with Gasteiger partial charge in [-0.25, -0.2) is 4.79 Å². The monoisotopic (exact) mass is 512 g/mol. The van der Waals surface area contributed by atoms with Gasteiger partial charge in [-0.2, -0.15) is 0 Å². The summed E-state index contributed by atoms with van der Waals surface area (Å²) in [5.41, 5.74) is 2.43. The van der Waals surface area contributed by atoms with E-state index in [4.69, 9.17) is 18.6 Å². The van der Waals surface area contributed by atoms with Crippen LogP contribution in [0.1, 0.15) is 106 Å². The van der Waals surface area contributed by atoms with Crippen LogP contribution in [-0.4, -0.2) is 19.3 Å². The molecule has 1 aromatic heterocycles. The first-order chi connectivity index (χ1) is 17.8. The Morgan fingerprint density at radius 3 is 2.30 bits per heavy atom. The summed E-state index contributed by atoms with van der Waals surface area (Å²) in [5.74, 6) is 1.23. The van der Waals surface area contributed by atoms with E-state index in [1.807, 2.05) is 32.1 Å². The van der Waals surface area contributed by atoms with Crippen molar-refractivity contribution in [3.05, 3.63) is 51.9 Å². The topological polar surface area (TPSA) is 57.9 Å². The van der Waals surface area contributed by atoms with Crippen LogP contribution in [0, 0.1) is 0 Å². The van der Waals surface area contributed by atoms with Crippen LogP contribution in [0.15, 0.2) is 50.7 Å². The summed E-state index contributed by atoms with van der Waals surface area (Å²) in [6.45, 7) is 13.3. The molecule has 5 heteroatoms. The van der Waals surface area contributed by atoms with Gasteiger partial charge in [0.1, 0.15) is 17.9 Å². The van der Waals surface area contributed by atoms with Gasteiger partial charge >= 0.3 is 5.63 Å². The van der Waals surface area contributed by atoms with Crippen molar-refractivity contribution in [2.75, 3.05) is 13.2 Å². The van der Waals surface area contributed by atoms with Crippen LogP contribution in [0.2, 0.25) is 0 Å². The van der Waals surface area contributed by atoms with Crippen molar-refractivity contribution >= 4 is 11.0 Å². The van der Waals surface area contributed by atoms with Crippen molar-refractivity contribution in [1.82, 2.24) is 0 Å². The molecule has 0 amide bonds. The van der Waals surface area contributed by atoms with Gasteiger partial charge in [0.15, 0.2) is 5.75 Å². The maximum Gasteiger partial charge on any atom is 0.383 e. The SMILES string of the molecule is CCCCCCCCCCOc1ccc2c(OC(C)C)c(OC/C=C(\C)CCC=C(C)C)c(=O)oc2c1. The first-order valence-corrected chi connectivity index (χ1v) is 14.1. The van der Waals surface area contributed by atoms with E-state index in [-0.39, 0.29) is 18.5 Å². The normalized spacial score (nSPS) is 11.7. The lowest BCUT2D eigenvalue weighted by atomic mass is 10.1. The lowest BCUT2D eigenvalue weighted by Crippen LogP contribution is -2.14. The van der Waals surface area contributed by atoms with Gasteiger partial charge in [-0.3, -0.25) is 0 Å². The van der Waals surface area contributed by atoms with Gasteiger partial charge in [-0.15, -0.1) is 0 Å². The highest BCUT2D eigenvalue weighted by atomic mass is 16.5. The summed E-state index contributed by atoms with van der Waals surface area (Å²) in [4.78, 5) is 12.9. The Labute approximate surface area is 223 Å². The molecule has 0 saturated carbocycles. The van der Waals surface area contributed by atoms with E-state index < -0.39 is 5.63 Å². The number of ether oxygens (including phenoxy) is 3. The van der Waals surface area contributed by atoms with Crippen LogP contribution in [0.5, 0.6) is 17.2 Å². The maximum absolute atomic E-state index is 12.9. The third kappa shape index (κ3) is 11.5. The molecule has 1 heterocycles.